The molecule has 3 N–H and O–H groups in total. The highest BCUT2D eigenvalue weighted by molar-refractivity contribution is 7.90. The van der Waals surface area contributed by atoms with E-state index in [9.17, 15) is 18.4 Å². The first-order valence-corrected chi connectivity index (χ1v) is 9.77. The molecular formula is C18H17N3O5S. The van der Waals surface area contributed by atoms with Crippen LogP contribution in [0.25, 0.3) is 22.6 Å². The Labute approximate surface area is 155 Å². The minimum Gasteiger partial charge on any atom is -0.438 e. The Kier molecular flexibility index (Phi) is 4.98. The van der Waals surface area contributed by atoms with Crippen molar-refractivity contribution in [2.24, 2.45) is 5.73 Å². The molecule has 0 bridgehead atoms. The maximum Gasteiger partial charge on any atom is 0.339 e. The predicted molar refractivity (Wildman–Crippen MR) is 97.4 cm³/mol. The molecule has 3 rings (SSSR count). The van der Waals surface area contributed by atoms with E-state index in [0.29, 0.717) is 16.8 Å². The maximum atomic E-state index is 12.2. The van der Waals surface area contributed by atoms with E-state index in [2.05, 4.69) is 4.98 Å². The van der Waals surface area contributed by atoms with Gasteiger partial charge in [-0.05, 0) is 12.1 Å². The topological polar surface area (TPSA) is 127 Å². The van der Waals surface area contributed by atoms with Crippen LogP contribution in [0.15, 0.2) is 63.9 Å². The van der Waals surface area contributed by atoms with Crippen LogP contribution in [0, 0.1) is 0 Å². The fraction of sp³-hybridized carbons (Fsp3) is 0.111. The summed E-state index contributed by atoms with van der Waals surface area (Å²) in [7, 11) is -3.53. The molecule has 0 unspecified atom stereocenters. The zero-order valence-electron chi connectivity index (χ0n) is 14.4. The van der Waals surface area contributed by atoms with Gasteiger partial charge in [0, 0.05) is 17.4 Å². The van der Waals surface area contributed by atoms with Gasteiger partial charge in [0.25, 0.3) is 0 Å². The highest BCUT2D eigenvalue weighted by atomic mass is 32.2. The third kappa shape index (κ3) is 3.99. The number of hydrogen-bond donors (Lipinski definition) is 2. The zero-order chi connectivity index (χ0) is 19.6. The monoisotopic (exact) mass is 387 g/mol. The predicted octanol–water partition coefficient (Wildman–Crippen LogP) is 2.68. The Balaban J connectivity index is 2.20. The van der Waals surface area contributed by atoms with Crippen molar-refractivity contribution in [3.05, 3.63) is 60.5 Å². The van der Waals surface area contributed by atoms with E-state index in [0.717, 1.165) is 6.26 Å². The molecule has 0 saturated carbocycles. The number of aromatic nitrogens is 1. The molecule has 0 atom stereocenters. The normalized spacial score (nSPS) is 11.3. The van der Waals surface area contributed by atoms with Crippen LogP contribution in [0.3, 0.4) is 0 Å². The summed E-state index contributed by atoms with van der Waals surface area (Å²) in [5.74, 6) is 0.226. The van der Waals surface area contributed by atoms with Gasteiger partial charge in [0.2, 0.25) is 5.89 Å². The lowest BCUT2D eigenvalue weighted by Gasteiger charge is -2.08. The van der Waals surface area contributed by atoms with Gasteiger partial charge in [-0.2, -0.15) is 5.06 Å². The van der Waals surface area contributed by atoms with E-state index in [1.807, 2.05) is 6.07 Å². The molecule has 0 saturated heterocycles. The standard InChI is InChI=1S/C18H17N3O5S/c1-27(24,25)14-10-6-5-9-13(14)17-16(12-7-3-2-4-8-12)20-15(26-17)11-21(23)18(19)22/h2-10,23H,11H2,1H3,(H2,19,22). The van der Waals surface area contributed by atoms with Crippen molar-refractivity contribution < 1.29 is 22.8 Å². The third-order valence-corrected chi connectivity index (χ3v) is 4.94. The average Bonchev–Trinajstić information content (AvgIpc) is 3.05. The molecule has 0 radical (unpaired) electrons. The van der Waals surface area contributed by atoms with Crippen LogP contribution in [-0.2, 0) is 16.4 Å². The van der Waals surface area contributed by atoms with E-state index >= 15 is 0 Å². The molecule has 9 heteroatoms. The van der Waals surface area contributed by atoms with Crippen LogP contribution in [0.2, 0.25) is 0 Å². The molecule has 0 spiro atoms. The SMILES string of the molecule is CS(=O)(=O)c1ccccc1-c1oc(CN(O)C(N)=O)nc1-c1ccccc1. The van der Waals surface area contributed by atoms with Crippen molar-refractivity contribution in [3.8, 4) is 22.6 Å². The lowest BCUT2D eigenvalue weighted by Crippen LogP contribution is -2.32. The van der Waals surface area contributed by atoms with Gasteiger partial charge in [0.05, 0.1) is 4.90 Å². The van der Waals surface area contributed by atoms with Gasteiger partial charge in [-0.1, -0.05) is 42.5 Å². The second-order valence-electron chi connectivity index (χ2n) is 5.82. The molecule has 2 aromatic carbocycles. The summed E-state index contributed by atoms with van der Waals surface area (Å²) in [6.45, 7) is -0.379. The minimum absolute atomic E-state index is 0.00783. The van der Waals surface area contributed by atoms with Crippen LogP contribution >= 0.6 is 0 Å². The number of primary amides is 1. The summed E-state index contributed by atoms with van der Waals surface area (Å²) in [4.78, 5) is 15.5. The summed E-state index contributed by atoms with van der Waals surface area (Å²) >= 11 is 0. The number of urea groups is 1. The summed E-state index contributed by atoms with van der Waals surface area (Å²) in [6, 6.07) is 14.3. The molecule has 2 amide bonds. The first-order valence-electron chi connectivity index (χ1n) is 7.88. The Morgan fingerprint density at radius 3 is 2.41 bits per heavy atom. The van der Waals surface area contributed by atoms with E-state index in [1.165, 1.54) is 6.07 Å². The number of carbonyl (C=O) groups excluding carboxylic acids is 1. The van der Waals surface area contributed by atoms with E-state index < -0.39 is 15.9 Å². The first-order chi connectivity index (χ1) is 12.8. The second-order valence-corrected chi connectivity index (χ2v) is 7.80. The Bertz CT molecular complexity index is 1080. The molecule has 1 heterocycles. The van der Waals surface area contributed by atoms with Crippen LogP contribution < -0.4 is 5.73 Å². The lowest BCUT2D eigenvalue weighted by atomic mass is 10.1. The number of rotatable bonds is 5. The number of carbonyl (C=O) groups is 1. The molecule has 8 nitrogen and oxygen atoms in total. The van der Waals surface area contributed by atoms with Crippen molar-refractivity contribution in [3.63, 3.8) is 0 Å². The number of nitrogens with zero attached hydrogens (tertiary/aromatic N) is 2. The van der Waals surface area contributed by atoms with Gasteiger partial charge in [-0.15, -0.1) is 0 Å². The summed E-state index contributed by atoms with van der Waals surface area (Å²) in [5, 5.41) is 9.82. The third-order valence-electron chi connectivity index (χ3n) is 3.79. The summed E-state index contributed by atoms with van der Waals surface area (Å²) in [5.41, 5.74) is 6.43. The summed E-state index contributed by atoms with van der Waals surface area (Å²) in [6.07, 6.45) is 1.11. The first kappa shape index (κ1) is 18.6. The number of sulfone groups is 1. The van der Waals surface area contributed by atoms with Crippen molar-refractivity contribution in [2.75, 3.05) is 6.26 Å². The fourth-order valence-corrected chi connectivity index (χ4v) is 3.48. The van der Waals surface area contributed by atoms with Gasteiger partial charge in [0.15, 0.2) is 15.6 Å². The van der Waals surface area contributed by atoms with Gasteiger partial charge >= 0.3 is 6.03 Å². The van der Waals surface area contributed by atoms with Crippen LogP contribution in [0.4, 0.5) is 4.79 Å². The molecule has 0 aliphatic heterocycles. The molecule has 0 aliphatic carbocycles. The second kappa shape index (κ2) is 7.22. The van der Waals surface area contributed by atoms with Crippen molar-refractivity contribution >= 4 is 15.9 Å². The number of amides is 2. The summed E-state index contributed by atoms with van der Waals surface area (Å²) < 4.78 is 30.1. The molecule has 27 heavy (non-hydrogen) atoms. The number of oxazole rings is 1. The van der Waals surface area contributed by atoms with Crippen LogP contribution in [0.1, 0.15) is 5.89 Å². The molecule has 0 fully saturated rings. The van der Waals surface area contributed by atoms with Crippen molar-refractivity contribution in [2.45, 2.75) is 11.4 Å². The fourth-order valence-electron chi connectivity index (χ4n) is 2.59. The smallest absolute Gasteiger partial charge is 0.339 e. The van der Waals surface area contributed by atoms with E-state index in [-0.39, 0.29) is 28.2 Å². The number of nitrogens with two attached hydrogens (primary N) is 1. The van der Waals surface area contributed by atoms with Gasteiger partial charge in [-0.3, -0.25) is 5.21 Å². The van der Waals surface area contributed by atoms with E-state index in [4.69, 9.17) is 10.2 Å². The largest absolute Gasteiger partial charge is 0.438 e. The highest BCUT2D eigenvalue weighted by Gasteiger charge is 2.23. The van der Waals surface area contributed by atoms with Crippen LogP contribution in [-0.4, -0.2) is 36.0 Å². The lowest BCUT2D eigenvalue weighted by molar-refractivity contribution is -0.0523. The Morgan fingerprint density at radius 1 is 1.15 bits per heavy atom. The number of hydroxylamine groups is 2. The molecule has 3 aromatic rings. The number of benzene rings is 2. The highest BCUT2D eigenvalue weighted by Crippen LogP contribution is 2.36. The van der Waals surface area contributed by atoms with Gasteiger partial charge in [0.1, 0.15) is 12.2 Å². The minimum atomic E-state index is -3.53. The van der Waals surface area contributed by atoms with Crippen LogP contribution in [0.5, 0.6) is 0 Å². The Hall–Kier alpha value is -3.17. The Morgan fingerprint density at radius 2 is 1.78 bits per heavy atom. The molecular weight excluding hydrogens is 370 g/mol. The van der Waals surface area contributed by atoms with Gasteiger partial charge < -0.3 is 10.2 Å². The molecule has 140 valence electrons. The molecule has 0 aliphatic rings. The average molecular weight is 387 g/mol. The maximum absolute atomic E-state index is 12.2. The number of hydrogen-bond acceptors (Lipinski definition) is 6. The zero-order valence-corrected chi connectivity index (χ0v) is 15.2. The van der Waals surface area contributed by atoms with E-state index in [1.54, 1.807) is 42.5 Å². The van der Waals surface area contributed by atoms with Gasteiger partial charge in [-0.25, -0.2) is 18.2 Å². The van der Waals surface area contributed by atoms with Crippen molar-refractivity contribution in [1.82, 2.24) is 10.0 Å². The quantitative estimate of drug-likeness (QED) is 0.512. The molecule has 1 aromatic heterocycles. The van der Waals surface area contributed by atoms with Crippen molar-refractivity contribution in [1.29, 1.82) is 0 Å².